The Kier molecular flexibility index (Phi) is 4.35. The maximum atomic E-state index is 12.1. The maximum absolute atomic E-state index is 12.1. The van der Waals surface area contributed by atoms with Crippen LogP contribution in [0, 0.1) is 11.3 Å². The first-order chi connectivity index (χ1) is 12.1. The van der Waals surface area contributed by atoms with Crippen molar-refractivity contribution in [3.63, 3.8) is 0 Å². The van der Waals surface area contributed by atoms with Crippen LogP contribution in [0.4, 0.5) is 9.59 Å². The van der Waals surface area contributed by atoms with Crippen LogP contribution in [0.25, 0.3) is 10.9 Å². The second-order valence-electron chi connectivity index (χ2n) is 5.02. The van der Waals surface area contributed by atoms with Gasteiger partial charge < -0.3 is 14.6 Å². The molecule has 1 aromatic heterocycles. The molecule has 3 aromatic rings. The average Bonchev–Trinajstić information content (AvgIpc) is 2.90. The Bertz CT molecular complexity index is 986. The summed E-state index contributed by atoms with van der Waals surface area (Å²) in [7, 11) is 0. The fourth-order valence-electron chi connectivity index (χ4n) is 2.51. The van der Waals surface area contributed by atoms with Gasteiger partial charge in [-0.2, -0.15) is 5.26 Å². The summed E-state index contributed by atoms with van der Waals surface area (Å²) in [5.41, 5.74) is 0.633. The Labute approximate surface area is 142 Å². The van der Waals surface area contributed by atoms with Gasteiger partial charge in [0, 0.05) is 10.9 Å². The number of benzene rings is 2. The van der Waals surface area contributed by atoms with Gasteiger partial charge in [0.15, 0.2) is 0 Å². The van der Waals surface area contributed by atoms with Gasteiger partial charge in [0.1, 0.15) is 5.75 Å². The molecule has 2 aromatic carbocycles. The fraction of sp³-hybridized carbons (Fsp3) is 0.0556. The minimum absolute atomic E-state index is 0.116. The lowest BCUT2D eigenvalue weighted by Gasteiger charge is -2.08. The Morgan fingerprint density at radius 3 is 2.40 bits per heavy atom. The van der Waals surface area contributed by atoms with Crippen molar-refractivity contribution in [1.29, 1.82) is 5.26 Å². The second-order valence-corrected chi connectivity index (χ2v) is 5.02. The summed E-state index contributed by atoms with van der Waals surface area (Å²) in [4.78, 5) is 23.7. The number of para-hydroxylation sites is 2. The molecule has 0 aliphatic carbocycles. The molecule has 0 amide bonds. The van der Waals surface area contributed by atoms with E-state index in [0.29, 0.717) is 16.5 Å². The fourth-order valence-corrected chi connectivity index (χ4v) is 2.51. The van der Waals surface area contributed by atoms with Crippen molar-refractivity contribution in [2.24, 2.45) is 0 Å². The monoisotopic (exact) mass is 336 g/mol. The summed E-state index contributed by atoms with van der Waals surface area (Å²) in [6.07, 6.45) is -2.53. The minimum Gasteiger partial charge on any atom is -0.464 e. The zero-order valence-corrected chi connectivity index (χ0v) is 12.9. The topological polar surface area (TPSA) is 102 Å². The summed E-state index contributed by atoms with van der Waals surface area (Å²) in [6.45, 7) is 0. The number of nitrogens with zero attached hydrogens (tertiary/aromatic N) is 2. The molecule has 0 saturated carbocycles. The van der Waals surface area contributed by atoms with E-state index in [-0.39, 0.29) is 18.1 Å². The highest BCUT2D eigenvalue weighted by Gasteiger charge is 2.25. The highest BCUT2D eigenvalue weighted by atomic mass is 16.7. The molecule has 0 saturated heterocycles. The predicted molar refractivity (Wildman–Crippen MR) is 87.8 cm³/mol. The van der Waals surface area contributed by atoms with Crippen LogP contribution < -0.4 is 9.47 Å². The molecule has 0 aliphatic rings. The molecule has 0 aliphatic heterocycles. The van der Waals surface area contributed by atoms with Crippen molar-refractivity contribution in [2.45, 2.75) is 6.42 Å². The van der Waals surface area contributed by atoms with Gasteiger partial charge in [0.2, 0.25) is 5.88 Å². The predicted octanol–water partition coefficient (Wildman–Crippen LogP) is 3.81. The van der Waals surface area contributed by atoms with E-state index in [9.17, 15) is 14.7 Å². The van der Waals surface area contributed by atoms with Gasteiger partial charge in [-0.1, -0.05) is 36.4 Å². The normalized spacial score (nSPS) is 10.2. The van der Waals surface area contributed by atoms with E-state index < -0.39 is 12.2 Å². The van der Waals surface area contributed by atoms with E-state index >= 15 is 0 Å². The molecule has 0 spiro atoms. The van der Waals surface area contributed by atoms with Crippen molar-refractivity contribution in [3.8, 4) is 17.7 Å². The molecular formula is C18H12N2O5. The van der Waals surface area contributed by atoms with Crippen molar-refractivity contribution >= 4 is 23.2 Å². The maximum Gasteiger partial charge on any atom is 0.520 e. The summed E-state index contributed by atoms with van der Waals surface area (Å²) >= 11 is 0. The van der Waals surface area contributed by atoms with Crippen LogP contribution >= 0.6 is 0 Å². The number of hydrogen-bond donors (Lipinski definition) is 1. The highest BCUT2D eigenvalue weighted by Crippen LogP contribution is 2.33. The van der Waals surface area contributed by atoms with Crippen LogP contribution in [0.2, 0.25) is 0 Å². The number of fused-ring (bicyclic) bond motifs is 1. The van der Waals surface area contributed by atoms with Crippen molar-refractivity contribution in [3.05, 3.63) is 60.2 Å². The quantitative estimate of drug-likeness (QED) is 0.576. The van der Waals surface area contributed by atoms with Crippen LogP contribution in [0.3, 0.4) is 0 Å². The molecule has 0 atom stereocenters. The van der Waals surface area contributed by atoms with E-state index in [1.165, 1.54) is 0 Å². The number of rotatable bonds is 3. The molecule has 1 N–H and O–H groups in total. The smallest absolute Gasteiger partial charge is 0.464 e. The van der Waals surface area contributed by atoms with E-state index in [4.69, 9.17) is 14.7 Å². The number of carboxylic acid groups (broad SMARTS) is 1. The van der Waals surface area contributed by atoms with Gasteiger partial charge >= 0.3 is 12.2 Å². The summed E-state index contributed by atoms with van der Waals surface area (Å²) in [6, 6.07) is 16.8. The molecule has 3 rings (SSSR count). The SMILES string of the molecule is N#CCc1c(OC(=O)Oc2ccccc2)n(C(=O)O)c2ccccc12. The van der Waals surface area contributed by atoms with E-state index in [0.717, 1.165) is 4.57 Å². The Morgan fingerprint density at radius 1 is 1.04 bits per heavy atom. The number of aromatic nitrogens is 1. The van der Waals surface area contributed by atoms with Crippen LogP contribution in [-0.4, -0.2) is 21.9 Å². The lowest BCUT2D eigenvalue weighted by molar-refractivity contribution is 0.147. The van der Waals surface area contributed by atoms with Gasteiger partial charge in [0.25, 0.3) is 0 Å². The van der Waals surface area contributed by atoms with Gasteiger partial charge in [-0.15, -0.1) is 0 Å². The third kappa shape index (κ3) is 3.14. The van der Waals surface area contributed by atoms with Crippen LogP contribution in [0.15, 0.2) is 54.6 Å². The highest BCUT2D eigenvalue weighted by molar-refractivity contribution is 5.95. The number of carbonyl (C=O) groups excluding carboxylic acids is 1. The molecule has 0 bridgehead atoms. The zero-order valence-electron chi connectivity index (χ0n) is 12.9. The van der Waals surface area contributed by atoms with Crippen molar-refractivity contribution in [2.75, 3.05) is 0 Å². The lowest BCUT2D eigenvalue weighted by Crippen LogP contribution is -2.19. The van der Waals surface area contributed by atoms with Crippen molar-refractivity contribution in [1.82, 2.24) is 4.57 Å². The van der Waals surface area contributed by atoms with Crippen LogP contribution in [-0.2, 0) is 6.42 Å². The molecule has 7 nitrogen and oxygen atoms in total. The van der Waals surface area contributed by atoms with E-state index in [1.54, 1.807) is 54.6 Å². The molecule has 25 heavy (non-hydrogen) atoms. The minimum atomic E-state index is -1.33. The third-order valence-electron chi connectivity index (χ3n) is 3.50. The Morgan fingerprint density at radius 2 is 1.72 bits per heavy atom. The van der Waals surface area contributed by atoms with Gasteiger partial charge in [0.05, 0.1) is 18.0 Å². The van der Waals surface area contributed by atoms with E-state index in [1.807, 2.05) is 6.07 Å². The number of ether oxygens (including phenoxy) is 2. The lowest BCUT2D eigenvalue weighted by atomic mass is 10.1. The van der Waals surface area contributed by atoms with Crippen LogP contribution in [0.5, 0.6) is 11.6 Å². The number of nitriles is 1. The standard InChI is InChI=1S/C18H12N2O5/c19-11-10-14-13-8-4-5-9-15(13)20(17(21)22)16(14)25-18(23)24-12-6-2-1-3-7-12/h1-9H,10H2,(H,21,22). The summed E-state index contributed by atoms with van der Waals surface area (Å²) < 4.78 is 11.0. The van der Waals surface area contributed by atoms with Gasteiger partial charge in [-0.3, -0.25) is 0 Å². The molecule has 1 heterocycles. The Hall–Kier alpha value is -3.79. The summed E-state index contributed by atoms with van der Waals surface area (Å²) in [5.74, 6) is 0.0171. The van der Waals surface area contributed by atoms with Gasteiger partial charge in [-0.25, -0.2) is 14.2 Å². The average molecular weight is 336 g/mol. The molecule has 0 unspecified atom stereocenters. The third-order valence-corrected chi connectivity index (χ3v) is 3.50. The molecule has 0 fully saturated rings. The Balaban J connectivity index is 2.03. The second kappa shape index (κ2) is 6.76. The number of hydrogen-bond acceptors (Lipinski definition) is 5. The number of carbonyl (C=O) groups is 2. The first-order valence-corrected chi connectivity index (χ1v) is 7.29. The molecule has 124 valence electrons. The molecule has 7 heteroatoms. The van der Waals surface area contributed by atoms with Crippen LogP contribution in [0.1, 0.15) is 5.56 Å². The zero-order chi connectivity index (χ0) is 17.8. The van der Waals surface area contributed by atoms with Crippen molar-refractivity contribution < 1.29 is 24.2 Å². The summed E-state index contributed by atoms with van der Waals surface area (Å²) in [5, 5.41) is 19.1. The molecule has 0 radical (unpaired) electrons. The first kappa shape index (κ1) is 16.1. The van der Waals surface area contributed by atoms with Gasteiger partial charge in [-0.05, 0) is 18.2 Å². The van der Waals surface area contributed by atoms with E-state index in [2.05, 4.69) is 0 Å². The first-order valence-electron chi connectivity index (χ1n) is 7.29. The largest absolute Gasteiger partial charge is 0.520 e. The molecular weight excluding hydrogens is 324 g/mol.